The number of hydrogen-bond donors (Lipinski definition) is 1. The Bertz CT molecular complexity index is 569. The first-order chi connectivity index (χ1) is 8.20. The highest BCUT2D eigenvalue weighted by Gasteiger charge is 2.04. The molecule has 0 aliphatic rings. The van der Waals surface area contributed by atoms with Crippen molar-refractivity contribution in [3.63, 3.8) is 0 Å². The third-order valence-electron chi connectivity index (χ3n) is 2.34. The van der Waals surface area contributed by atoms with Crippen LogP contribution in [-0.2, 0) is 13.6 Å². The topological polar surface area (TPSA) is 66.5 Å². The van der Waals surface area contributed by atoms with Crippen LogP contribution in [0.1, 0.15) is 11.4 Å². The largest absolute Gasteiger partial charge is 0.377 e. The van der Waals surface area contributed by atoms with Crippen molar-refractivity contribution in [3.8, 4) is 6.07 Å². The molecule has 6 heteroatoms. The van der Waals surface area contributed by atoms with Crippen LogP contribution in [0.25, 0.3) is 0 Å². The van der Waals surface area contributed by atoms with Gasteiger partial charge in [0.25, 0.3) is 0 Å². The molecule has 17 heavy (non-hydrogen) atoms. The highest BCUT2D eigenvalue weighted by molar-refractivity contribution is 9.10. The Kier molecular flexibility index (Phi) is 3.40. The van der Waals surface area contributed by atoms with E-state index in [0.29, 0.717) is 12.1 Å². The molecule has 1 N–H and O–H groups in total. The van der Waals surface area contributed by atoms with Crippen LogP contribution in [0.4, 0.5) is 5.69 Å². The molecule has 2 aromatic rings. The van der Waals surface area contributed by atoms with Crippen molar-refractivity contribution < 1.29 is 0 Å². The summed E-state index contributed by atoms with van der Waals surface area (Å²) in [4.78, 5) is 4.10. The molecule has 0 spiro atoms. The molecule has 2 rings (SSSR count). The maximum atomic E-state index is 8.98. The van der Waals surface area contributed by atoms with Gasteiger partial charge in [-0.2, -0.15) is 10.4 Å². The average Bonchev–Trinajstić information content (AvgIpc) is 2.72. The molecule has 0 saturated heterocycles. The lowest BCUT2D eigenvalue weighted by Crippen LogP contribution is -2.07. The lowest BCUT2D eigenvalue weighted by atomic mass is 10.2. The fourth-order valence-corrected chi connectivity index (χ4v) is 1.78. The standard InChI is InChI=1S/C11H10BrN5/c1-17-11(15-7-16-17)6-14-10-4-9(12)3-2-8(10)5-13/h2-4,7,14H,6H2,1H3. The van der Waals surface area contributed by atoms with Gasteiger partial charge in [-0.05, 0) is 18.2 Å². The molecule has 1 aromatic carbocycles. The van der Waals surface area contributed by atoms with Crippen molar-refractivity contribution in [3.05, 3.63) is 40.4 Å². The number of nitriles is 1. The van der Waals surface area contributed by atoms with E-state index >= 15 is 0 Å². The number of aromatic nitrogens is 3. The molecule has 0 aliphatic carbocycles. The van der Waals surface area contributed by atoms with Gasteiger partial charge in [-0.3, -0.25) is 4.68 Å². The number of anilines is 1. The van der Waals surface area contributed by atoms with E-state index in [1.807, 2.05) is 19.2 Å². The number of rotatable bonds is 3. The summed E-state index contributed by atoms with van der Waals surface area (Å²) in [6.45, 7) is 0.529. The van der Waals surface area contributed by atoms with Gasteiger partial charge in [0.1, 0.15) is 18.2 Å². The Morgan fingerprint density at radius 1 is 1.53 bits per heavy atom. The predicted octanol–water partition coefficient (Wildman–Crippen LogP) is 2.06. The van der Waals surface area contributed by atoms with Crippen LogP contribution in [0.5, 0.6) is 0 Å². The van der Waals surface area contributed by atoms with E-state index in [2.05, 4.69) is 37.4 Å². The van der Waals surface area contributed by atoms with Gasteiger partial charge >= 0.3 is 0 Å². The van der Waals surface area contributed by atoms with Gasteiger partial charge in [-0.1, -0.05) is 15.9 Å². The van der Waals surface area contributed by atoms with E-state index in [0.717, 1.165) is 16.0 Å². The second-order valence-corrected chi connectivity index (χ2v) is 4.37. The van der Waals surface area contributed by atoms with Crippen LogP contribution in [0, 0.1) is 11.3 Å². The summed E-state index contributed by atoms with van der Waals surface area (Å²) < 4.78 is 2.62. The minimum atomic E-state index is 0.529. The van der Waals surface area contributed by atoms with Crippen LogP contribution in [0.15, 0.2) is 29.0 Å². The Hall–Kier alpha value is -1.87. The summed E-state index contributed by atoms with van der Waals surface area (Å²) in [5.41, 5.74) is 1.39. The van der Waals surface area contributed by atoms with Crippen LogP contribution >= 0.6 is 15.9 Å². The van der Waals surface area contributed by atoms with Gasteiger partial charge in [-0.15, -0.1) is 0 Å². The Labute approximate surface area is 107 Å². The molecule has 0 bridgehead atoms. The monoisotopic (exact) mass is 291 g/mol. The molecular formula is C11H10BrN5. The number of aryl methyl sites for hydroxylation is 1. The quantitative estimate of drug-likeness (QED) is 0.940. The van der Waals surface area contributed by atoms with E-state index in [-0.39, 0.29) is 0 Å². The minimum Gasteiger partial charge on any atom is -0.377 e. The molecule has 86 valence electrons. The number of benzene rings is 1. The number of halogens is 1. The fourth-order valence-electron chi connectivity index (χ4n) is 1.41. The second kappa shape index (κ2) is 4.97. The minimum absolute atomic E-state index is 0.529. The lowest BCUT2D eigenvalue weighted by Gasteiger charge is -2.07. The van der Waals surface area contributed by atoms with Crippen molar-refractivity contribution in [2.75, 3.05) is 5.32 Å². The van der Waals surface area contributed by atoms with Crippen LogP contribution < -0.4 is 5.32 Å². The molecule has 5 nitrogen and oxygen atoms in total. The number of hydrogen-bond acceptors (Lipinski definition) is 4. The first-order valence-corrected chi connectivity index (χ1v) is 5.76. The first kappa shape index (κ1) is 11.6. The maximum absolute atomic E-state index is 8.98. The van der Waals surface area contributed by atoms with E-state index in [4.69, 9.17) is 5.26 Å². The predicted molar refractivity (Wildman–Crippen MR) is 67.2 cm³/mol. The van der Waals surface area contributed by atoms with E-state index in [1.54, 1.807) is 10.7 Å². The molecule has 0 fully saturated rings. The maximum Gasteiger partial charge on any atom is 0.145 e. The van der Waals surface area contributed by atoms with E-state index in [9.17, 15) is 0 Å². The van der Waals surface area contributed by atoms with Gasteiger partial charge in [0.2, 0.25) is 0 Å². The molecule has 0 radical (unpaired) electrons. The smallest absolute Gasteiger partial charge is 0.145 e. The van der Waals surface area contributed by atoms with Gasteiger partial charge in [0, 0.05) is 11.5 Å². The molecular weight excluding hydrogens is 282 g/mol. The Morgan fingerprint density at radius 2 is 2.35 bits per heavy atom. The van der Waals surface area contributed by atoms with E-state index < -0.39 is 0 Å². The molecule has 0 atom stereocenters. The second-order valence-electron chi connectivity index (χ2n) is 3.46. The Balaban J connectivity index is 2.17. The lowest BCUT2D eigenvalue weighted by molar-refractivity contribution is 0.712. The van der Waals surface area contributed by atoms with Gasteiger partial charge in [-0.25, -0.2) is 4.98 Å². The summed E-state index contributed by atoms with van der Waals surface area (Å²) in [6.07, 6.45) is 1.50. The number of nitrogens with one attached hydrogen (secondary N) is 1. The summed E-state index contributed by atoms with van der Waals surface area (Å²) in [7, 11) is 1.83. The molecule has 1 aromatic heterocycles. The number of nitrogens with zero attached hydrogens (tertiary/aromatic N) is 4. The van der Waals surface area contributed by atoms with Crippen molar-refractivity contribution >= 4 is 21.6 Å². The zero-order valence-electron chi connectivity index (χ0n) is 9.18. The summed E-state index contributed by atoms with van der Waals surface area (Å²) in [6, 6.07) is 7.62. The van der Waals surface area contributed by atoms with Crippen LogP contribution in [0.2, 0.25) is 0 Å². The van der Waals surface area contributed by atoms with Gasteiger partial charge in [0.05, 0.1) is 17.8 Å². The normalized spacial score (nSPS) is 9.94. The molecule has 0 aliphatic heterocycles. The fraction of sp³-hybridized carbons (Fsp3) is 0.182. The third-order valence-corrected chi connectivity index (χ3v) is 2.84. The first-order valence-electron chi connectivity index (χ1n) is 4.97. The van der Waals surface area contributed by atoms with Crippen LogP contribution in [-0.4, -0.2) is 14.8 Å². The van der Waals surface area contributed by atoms with Crippen molar-refractivity contribution in [2.24, 2.45) is 7.05 Å². The van der Waals surface area contributed by atoms with Crippen molar-refractivity contribution in [1.29, 1.82) is 5.26 Å². The summed E-state index contributed by atoms with van der Waals surface area (Å²) in [5.74, 6) is 0.814. The zero-order chi connectivity index (χ0) is 12.3. The SMILES string of the molecule is Cn1ncnc1CNc1cc(Br)ccc1C#N. The highest BCUT2D eigenvalue weighted by Crippen LogP contribution is 2.21. The average molecular weight is 292 g/mol. The summed E-state index contributed by atoms with van der Waals surface area (Å²) >= 11 is 3.38. The van der Waals surface area contributed by atoms with Crippen molar-refractivity contribution in [2.45, 2.75) is 6.54 Å². The molecule has 0 amide bonds. The zero-order valence-corrected chi connectivity index (χ0v) is 10.8. The molecule has 0 unspecified atom stereocenters. The van der Waals surface area contributed by atoms with Crippen molar-refractivity contribution in [1.82, 2.24) is 14.8 Å². The molecule has 1 heterocycles. The molecule has 0 saturated carbocycles. The van der Waals surface area contributed by atoms with Crippen LogP contribution in [0.3, 0.4) is 0 Å². The Morgan fingerprint density at radius 3 is 3.00 bits per heavy atom. The summed E-state index contributed by atoms with van der Waals surface area (Å²) in [5, 5.41) is 16.1. The van der Waals surface area contributed by atoms with E-state index in [1.165, 1.54) is 6.33 Å². The van der Waals surface area contributed by atoms with Gasteiger partial charge in [0.15, 0.2) is 0 Å². The highest BCUT2D eigenvalue weighted by atomic mass is 79.9. The van der Waals surface area contributed by atoms with Gasteiger partial charge < -0.3 is 5.32 Å². The third kappa shape index (κ3) is 2.63.